The summed E-state index contributed by atoms with van der Waals surface area (Å²) in [5.41, 5.74) is 7.79. The molecule has 0 saturated carbocycles. The Labute approximate surface area is 232 Å². The van der Waals surface area contributed by atoms with Gasteiger partial charge in [0.05, 0.1) is 32.8 Å². The molecule has 3 aromatic rings. The van der Waals surface area contributed by atoms with Crippen molar-refractivity contribution in [1.29, 1.82) is 0 Å². The van der Waals surface area contributed by atoms with Gasteiger partial charge in [-0.05, 0) is 41.8 Å². The Hall–Kier alpha value is -3.91. The molecule has 0 saturated heterocycles. The van der Waals surface area contributed by atoms with Crippen LogP contribution in [0.15, 0.2) is 48.5 Å². The number of carbonyl (C=O) groups is 1. The lowest BCUT2D eigenvalue weighted by Crippen LogP contribution is -2.29. The first kappa shape index (κ1) is 30.6. The van der Waals surface area contributed by atoms with Crippen molar-refractivity contribution in [1.82, 2.24) is 20.3 Å². The first-order valence-corrected chi connectivity index (χ1v) is 13.1. The van der Waals surface area contributed by atoms with Gasteiger partial charge >= 0.3 is 0 Å². The Bertz CT molecular complexity index is 1150. The monoisotopic (exact) mass is 556 g/mol. The summed E-state index contributed by atoms with van der Waals surface area (Å²) in [6, 6.07) is 13.5. The quantitative estimate of drug-likeness (QED) is 0.119. The third-order valence-corrected chi connectivity index (χ3v) is 5.39. The van der Waals surface area contributed by atoms with E-state index in [2.05, 4.69) is 36.2 Å². The van der Waals surface area contributed by atoms with Crippen LogP contribution in [0, 0.1) is 5.82 Å². The molecule has 7 N–H and O–H groups in total. The van der Waals surface area contributed by atoms with E-state index in [9.17, 15) is 9.18 Å². The zero-order chi connectivity index (χ0) is 28.4. The van der Waals surface area contributed by atoms with E-state index in [1.165, 1.54) is 12.1 Å². The van der Waals surface area contributed by atoms with Gasteiger partial charge in [-0.3, -0.25) is 4.79 Å². The molecule has 0 aliphatic carbocycles. The highest BCUT2D eigenvalue weighted by Crippen LogP contribution is 2.17. The van der Waals surface area contributed by atoms with E-state index < -0.39 is 0 Å². The second-order valence-corrected chi connectivity index (χ2v) is 8.65. The minimum absolute atomic E-state index is 0.0437. The van der Waals surface area contributed by atoms with Gasteiger partial charge in [-0.2, -0.15) is 15.0 Å². The molecule has 2 aromatic carbocycles. The molecule has 3 rings (SSSR count). The van der Waals surface area contributed by atoms with Crippen LogP contribution in [-0.4, -0.2) is 78.6 Å². The Morgan fingerprint density at radius 1 is 0.825 bits per heavy atom. The number of carbonyl (C=O) groups excluding carboxylic acids is 1. The minimum Gasteiger partial charge on any atom is -0.396 e. The second kappa shape index (κ2) is 17.6. The molecule has 216 valence electrons. The molecule has 0 bridgehead atoms. The number of aliphatic hydroxyl groups excluding tert-OH is 1. The van der Waals surface area contributed by atoms with E-state index in [0.29, 0.717) is 76.9 Å². The van der Waals surface area contributed by atoms with Gasteiger partial charge in [-0.15, -0.1) is 0 Å². The van der Waals surface area contributed by atoms with Crippen molar-refractivity contribution in [3.05, 3.63) is 65.5 Å². The number of hydrogen-bond donors (Lipinski definition) is 6. The third-order valence-electron chi connectivity index (χ3n) is 5.39. The number of halogens is 1. The predicted molar refractivity (Wildman–Crippen MR) is 151 cm³/mol. The van der Waals surface area contributed by atoms with Gasteiger partial charge in [0, 0.05) is 38.5 Å². The lowest BCUT2D eigenvalue weighted by molar-refractivity contribution is -0.120. The Morgan fingerprint density at radius 3 is 2.17 bits per heavy atom. The van der Waals surface area contributed by atoms with E-state index in [1.54, 1.807) is 12.1 Å². The molecule has 1 amide bonds. The average Bonchev–Trinajstić information content (AvgIpc) is 2.95. The fourth-order valence-corrected chi connectivity index (χ4v) is 3.40. The number of anilines is 4. The van der Waals surface area contributed by atoms with Crippen molar-refractivity contribution < 1.29 is 23.8 Å². The fourth-order valence-electron chi connectivity index (χ4n) is 3.40. The van der Waals surface area contributed by atoms with Crippen molar-refractivity contribution in [2.75, 3.05) is 68.6 Å². The highest BCUT2D eigenvalue weighted by atomic mass is 19.1. The number of nitrogens with one attached hydrogen (secondary N) is 4. The maximum Gasteiger partial charge on any atom is 0.233 e. The average molecular weight is 557 g/mol. The topological polar surface area (TPSA) is 169 Å². The zero-order valence-corrected chi connectivity index (χ0v) is 22.4. The van der Waals surface area contributed by atoms with Crippen LogP contribution >= 0.6 is 0 Å². The highest BCUT2D eigenvalue weighted by molar-refractivity contribution is 5.78. The van der Waals surface area contributed by atoms with Crippen LogP contribution in [0.5, 0.6) is 0 Å². The van der Waals surface area contributed by atoms with Crippen LogP contribution in [0.2, 0.25) is 0 Å². The van der Waals surface area contributed by atoms with E-state index in [-0.39, 0.29) is 24.8 Å². The van der Waals surface area contributed by atoms with Crippen LogP contribution in [0.1, 0.15) is 17.5 Å². The number of rotatable bonds is 19. The van der Waals surface area contributed by atoms with Crippen molar-refractivity contribution in [3.63, 3.8) is 0 Å². The maximum atomic E-state index is 13.2. The van der Waals surface area contributed by atoms with Gasteiger partial charge < -0.3 is 41.6 Å². The molecule has 0 aliphatic heterocycles. The summed E-state index contributed by atoms with van der Waals surface area (Å²) >= 11 is 0. The Morgan fingerprint density at radius 2 is 1.48 bits per heavy atom. The van der Waals surface area contributed by atoms with Crippen LogP contribution in [0.3, 0.4) is 0 Å². The van der Waals surface area contributed by atoms with E-state index in [1.807, 2.05) is 24.3 Å². The van der Waals surface area contributed by atoms with Crippen molar-refractivity contribution >= 4 is 29.4 Å². The van der Waals surface area contributed by atoms with Gasteiger partial charge in [0.15, 0.2) is 0 Å². The van der Waals surface area contributed by atoms with Crippen molar-refractivity contribution in [2.45, 2.75) is 19.4 Å². The number of nitrogens with two attached hydrogens (primary N) is 1. The van der Waals surface area contributed by atoms with Crippen LogP contribution in [0.25, 0.3) is 0 Å². The van der Waals surface area contributed by atoms with Gasteiger partial charge in [0.1, 0.15) is 5.82 Å². The normalized spacial score (nSPS) is 10.8. The molecule has 0 spiro atoms. The van der Waals surface area contributed by atoms with Crippen molar-refractivity contribution in [3.8, 4) is 0 Å². The summed E-state index contributed by atoms with van der Waals surface area (Å²) in [6.45, 7) is 3.67. The Balaban J connectivity index is 1.51. The molecular formula is C27H37FN8O4. The summed E-state index contributed by atoms with van der Waals surface area (Å²) in [5.74, 6) is 0.573. The number of aliphatic hydroxyl groups is 1. The lowest BCUT2D eigenvalue weighted by Gasteiger charge is -2.12. The largest absolute Gasteiger partial charge is 0.396 e. The van der Waals surface area contributed by atoms with Crippen LogP contribution in [-0.2, 0) is 27.2 Å². The molecule has 0 atom stereocenters. The van der Waals surface area contributed by atoms with Gasteiger partial charge in [0.2, 0.25) is 23.8 Å². The van der Waals surface area contributed by atoms with Crippen molar-refractivity contribution in [2.24, 2.45) is 5.73 Å². The molecule has 0 unspecified atom stereocenters. The molecule has 0 aliphatic rings. The predicted octanol–water partition coefficient (Wildman–Crippen LogP) is 1.81. The summed E-state index contributed by atoms with van der Waals surface area (Å²) in [4.78, 5) is 25.4. The first-order valence-electron chi connectivity index (χ1n) is 13.1. The first-order chi connectivity index (χ1) is 19.6. The summed E-state index contributed by atoms with van der Waals surface area (Å²) < 4.78 is 23.8. The third kappa shape index (κ3) is 11.9. The smallest absolute Gasteiger partial charge is 0.233 e. The number of benzene rings is 2. The van der Waals surface area contributed by atoms with Gasteiger partial charge in [0.25, 0.3) is 0 Å². The molecule has 1 heterocycles. The number of amides is 1. The minimum atomic E-state index is -0.303. The summed E-state index contributed by atoms with van der Waals surface area (Å²) in [7, 11) is 0. The molecule has 12 nitrogen and oxygen atoms in total. The summed E-state index contributed by atoms with van der Waals surface area (Å²) in [6.07, 6.45) is 0.779. The fraction of sp³-hybridized carbons (Fsp3) is 0.407. The maximum absolute atomic E-state index is 13.2. The standard InChI is InChI=1S/C27H37FN8O4/c28-22-6-2-21(3-7-22)19-32-26-34-25(31-11-1-13-37)35-27(36-26)33-23-8-4-20(5-9-23)18-24(38)30-12-15-40-17-16-39-14-10-29/h2-9,37H,1,10-19,29H2,(H,30,38)(H3,31,32,33,34,35,36). The van der Waals surface area contributed by atoms with E-state index >= 15 is 0 Å². The number of hydrogen-bond acceptors (Lipinski definition) is 11. The number of nitrogens with zero attached hydrogens (tertiary/aromatic N) is 3. The number of aromatic nitrogens is 3. The van der Waals surface area contributed by atoms with Crippen LogP contribution in [0.4, 0.5) is 27.9 Å². The molecule has 0 fully saturated rings. The van der Waals surface area contributed by atoms with Gasteiger partial charge in [-0.25, -0.2) is 4.39 Å². The molecule has 13 heteroatoms. The molecule has 0 radical (unpaired) electrons. The second-order valence-electron chi connectivity index (χ2n) is 8.65. The SMILES string of the molecule is NCCOCCOCCNC(=O)Cc1ccc(Nc2nc(NCCCO)nc(NCc3ccc(F)cc3)n2)cc1. The molecule has 1 aromatic heterocycles. The van der Waals surface area contributed by atoms with E-state index in [4.69, 9.17) is 20.3 Å². The van der Waals surface area contributed by atoms with Crippen LogP contribution < -0.4 is 27.0 Å². The molecular weight excluding hydrogens is 519 g/mol. The van der Waals surface area contributed by atoms with E-state index in [0.717, 1.165) is 16.8 Å². The Kier molecular flexibility index (Phi) is 13.5. The zero-order valence-electron chi connectivity index (χ0n) is 22.4. The lowest BCUT2D eigenvalue weighted by atomic mass is 10.1. The molecule has 40 heavy (non-hydrogen) atoms. The summed E-state index contributed by atoms with van der Waals surface area (Å²) in [5, 5.41) is 21.2. The number of ether oxygens (including phenoxy) is 2. The highest BCUT2D eigenvalue weighted by Gasteiger charge is 2.09. The van der Waals surface area contributed by atoms with Gasteiger partial charge in [-0.1, -0.05) is 24.3 Å².